The summed E-state index contributed by atoms with van der Waals surface area (Å²) in [6.45, 7) is 16.4. The number of esters is 1. The van der Waals surface area contributed by atoms with Gasteiger partial charge in [-0.2, -0.15) is 0 Å². The van der Waals surface area contributed by atoms with E-state index in [2.05, 4.69) is 81.2 Å². The summed E-state index contributed by atoms with van der Waals surface area (Å²) in [6.07, 6.45) is 11.3. The van der Waals surface area contributed by atoms with Gasteiger partial charge in [0.2, 0.25) is 0 Å². The predicted octanol–water partition coefficient (Wildman–Crippen LogP) is 7.52. The van der Waals surface area contributed by atoms with Crippen LogP contribution in [0.25, 0.3) is 5.57 Å². The first-order chi connectivity index (χ1) is 27.6. The summed E-state index contributed by atoms with van der Waals surface area (Å²) in [5.74, 6) is -0.0186. The molecule has 57 heavy (non-hydrogen) atoms. The summed E-state index contributed by atoms with van der Waals surface area (Å²) >= 11 is 0. The van der Waals surface area contributed by atoms with Gasteiger partial charge in [-0.3, -0.25) is 4.79 Å². The number of hydrogen-bond donors (Lipinski definition) is 2. The van der Waals surface area contributed by atoms with Crippen molar-refractivity contribution >= 4 is 28.7 Å². The van der Waals surface area contributed by atoms with Gasteiger partial charge in [-0.1, -0.05) is 20.8 Å². The number of ether oxygens (including phenoxy) is 4. The Labute approximate surface area is 336 Å². The molecule has 2 atom stereocenters. The molecule has 6 heterocycles. The van der Waals surface area contributed by atoms with E-state index in [1.807, 2.05) is 6.92 Å². The van der Waals surface area contributed by atoms with Gasteiger partial charge in [0.25, 0.3) is 0 Å². The fraction of sp³-hybridized carbons (Fsp3) is 0.457. The first-order valence-corrected chi connectivity index (χ1v) is 20.3. The normalized spacial score (nSPS) is 21.5. The van der Waals surface area contributed by atoms with Crippen LogP contribution in [0.2, 0.25) is 0 Å². The molecular weight excluding hydrogens is 719 g/mol. The largest absolute Gasteiger partial charge is 0.511 e. The van der Waals surface area contributed by atoms with Crippen LogP contribution in [0.5, 0.6) is 0 Å². The van der Waals surface area contributed by atoms with E-state index in [4.69, 9.17) is 33.9 Å². The van der Waals surface area contributed by atoms with E-state index in [1.165, 1.54) is 18.3 Å². The Balaban J connectivity index is 1.37. The van der Waals surface area contributed by atoms with Crippen LogP contribution in [0.15, 0.2) is 125 Å². The first kappa shape index (κ1) is 40.2. The number of fused-ring (bicyclic) bond motifs is 5. The minimum atomic E-state index is -0.247. The monoisotopic (exact) mass is 774 g/mol. The van der Waals surface area contributed by atoms with Gasteiger partial charge in [0.1, 0.15) is 12.4 Å². The van der Waals surface area contributed by atoms with Crippen molar-refractivity contribution in [1.82, 2.24) is 5.32 Å². The lowest BCUT2D eigenvalue weighted by Gasteiger charge is -2.19. The second kappa shape index (κ2) is 17.3. The quantitative estimate of drug-likeness (QED) is 0.107. The summed E-state index contributed by atoms with van der Waals surface area (Å²) in [5, 5.41) is 15.5. The number of nitrogens with one attached hydrogen (secondary N) is 1. The van der Waals surface area contributed by atoms with Gasteiger partial charge in [-0.15, -0.1) is 0 Å². The first-order valence-electron chi connectivity index (χ1n) is 20.3. The highest BCUT2D eigenvalue weighted by Gasteiger charge is 2.43. The van der Waals surface area contributed by atoms with Crippen molar-refractivity contribution in [2.75, 3.05) is 47.3 Å². The number of nitrogens with zero attached hydrogens (tertiary/aromatic N) is 4. The number of aliphatic hydroxyl groups excluding tert-OH is 1. The molecule has 6 aliphatic rings. The number of methoxy groups -OCH3 is 2. The van der Waals surface area contributed by atoms with Gasteiger partial charge in [0, 0.05) is 72.0 Å². The average molecular weight is 775 g/mol. The number of aliphatic imine (C=N–C) groups is 3. The van der Waals surface area contributed by atoms with E-state index in [0.717, 1.165) is 97.5 Å². The molecule has 1 saturated heterocycles. The number of carbonyl (C=O) groups is 1. The van der Waals surface area contributed by atoms with Crippen molar-refractivity contribution < 1.29 is 33.4 Å². The molecule has 11 heteroatoms. The molecule has 11 nitrogen and oxygen atoms in total. The number of rotatable bonds is 15. The standard InChI is InChI=1S/C46H55N5O6/c1-9-31-26(3)35-24-38-32(10-2)27(4)43(49-38)42(30-13-15-51(16-14-30)17-18-56-21-22-57-20-19-54-7)44-28(5)33(11-12-40(53)55-8)45(50-44)34-23-39(52)41-29(6)36(48-46(34)41)25-37(31)47-35/h13-16,24-25,28,33H,9-12,17-23H2,1-8H3,(H,47,48,49,52)/p+1/t28-,33-/m0/s1. The number of allylic oxidation sites excluding steroid dienone is 12. The maximum atomic E-state index is 12.6. The molecule has 0 unspecified atom stereocenters. The Morgan fingerprint density at radius 3 is 2.23 bits per heavy atom. The lowest BCUT2D eigenvalue weighted by molar-refractivity contribution is -0.698. The van der Waals surface area contributed by atoms with E-state index in [-0.39, 0.29) is 24.2 Å². The molecule has 0 amide bonds. The maximum absolute atomic E-state index is 12.6. The second-order valence-corrected chi connectivity index (χ2v) is 15.3. The Bertz CT molecular complexity index is 2200. The fourth-order valence-electron chi connectivity index (χ4n) is 8.84. The lowest BCUT2D eigenvalue weighted by atomic mass is 9.83. The fourth-order valence-corrected chi connectivity index (χ4v) is 8.84. The molecule has 2 N–H and O–H groups in total. The molecule has 1 fully saturated rings. The summed E-state index contributed by atoms with van der Waals surface area (Å²) < 4.78 is 23.7. The summed E-state index contributed by atoms with van der Waals surface area (Å²) in [4.78, 5) is 28.5. The van der Waals surface area contributed by atoms with Crippen LogP contribution in [-0.2, 0) is 30.3 Å². The molecular formula is C46H56N5O6+. The third-order valence-corrected chi connectivity index (χ3v) is 12.0. The Kier molecular flexibility index (Phi) is 12.2. The van der Waals surface area contributed by atoms with E-state index in [1.54, 1.807) is 7.11 Å². The molecule has 1 aromatic heterocycles. The Morgan fingerprint density at radius 2 is 1.53 bits per heavy atom. The molecule has 1 aliphatic carbocycles. The van der Waals surface area contributed by atoms with Gasteiger partial charge in [-0.25, -0.2) is 19.5 Å². The third-order valence-electron chi connectivity index (χ3n) is 12.0. The minimum absolute atomic E-state index is 0.0233. The van der Waals surface area contributed by atoms with Crippen LogP contribution in [0, 0.1) is 11.8 Å². The van der Waals surface area contributed by atoms with Crippen molar-refractivity contribution in [3.63, 3.8) is 0 Å². The van der Waals surface area contributed by atoms with Crippen molar-refractivity contribution in [2.24, 2.45) is 26.8 Å². The van der Waals surface area contributed by atoms with Gasteiger partial charge in [0.15, 0.2) is 18.9 Å². The molecule has 0 saturated carbocycles. The minimum Gasteiger partial charge on any atom is -0.511 e. The van der Waals surface area contributed by atoms with Crippen LogP contribution >= 0.6 is 0 Å². The molecule has 0 aromatic carbocycles. The third kappa shape index (κ3) is 7.72. The number of hydrogen-bond acceptors (Lipinski definition) is 10. The molecule has 7 rings (SSSR count). The SMILES string of the molecule is CCC1=C(C)C2=NC1=CC1=C(C)C3=C(O)CC(=C4NC(=C(c5cc[n+](CCOCCOCCOC)cc5)C5=NC(=C2)C(CC)=C5C)[C@@H](C)[C@@H]4CCC(=O)OC)C3=N1. The number of carbonyl (C=O) groups excluding carboxylic acids is 1. The van der Waals surface area contributed by atoms with E-state index in [0.29, 0.717) is 58.2 Å². The zero-order chi connectivity index (χ0) is 40.4. The zero-order valence-corrected chi connectivity index (χ0v) is 34.7. The highest BCUT2D eigenvalue weighted by molar-refractivity contribution is 6.34. The predicted molar refractivity (Wildman–Crippen MR) is 223 cm³/mol. The number of aromatic nitrogens is 1. The van der Waals surface area contributed by atoms with E-state index < -0.39 is 0 Å². The van der Waals surface area contributed by atoms with Crippen molar-refractivity contribution in [3.8, 4) is 0 Å². The van der Waals surface area contributed by atoms with E-state index >= 15 is 0 Å². The van der Waals surface area contributed by atoms with Gasteiger partial charge >= 0.3 is 5.97 Å². The zero-order valence-electron chi connectivity index (χ0n) is 34.7. The Hall–Kier alpha value is -4.97. The summed E-state index contributed by atoms with van der Waals surface area (Å²) in [5.41, 5.74) is 16.7. The maximum Gasteiger partial charge on any atom is 0.305 e. The van der Waals surface area contributed by atoms with Gasteiger partial charge in [0.05, 0.1) is 67.8 Å². The smallest absolute Gasteiger partial charge is 0.305 e. The van der Waals surface area contributed by atoms with Gasteiger partial charge < -0.3 is 29.4 Å². The molecule has 300 valence electrons. The van der Waals surface area contributed by atoms with Crippen LogP contribution in [0.1, 0.15) is 79.2 Å². The van der Waals surface area contributed by atoms with Gasteiger partial charge in [-0.05, 0) is 85.6 Å². The average Bonchev–Trinajstić information content (AvgIpc) is 3.97. The second-order valence-electron chi connectivity index (χ2n) is 15.3. The molecule has 8 bridgehead atoms. The highest BCUT2D eigenvalue weighted by Crippen LogP contribution is 2.48. The topological polar surface area (TPSA) is 127 Å². The molecule has 5 aliphatic heterocycles. The lowest BCUT2D eigenvalue weighted by Crippen LogP contribution is -2.35. The molecule has 1 aromatic rings. The van der Waals surface area contributed by atoms with Crippen molar-refractivity contribution in [2.45, 2.75) is 80.2 Å². The van der Waals surface area contributed by atoms with Crippen molar-refractivity contribution in [3.05, 3.63) is 115 Å². The number of aliphatic hydroxyl groups is 1. The Morgan fingerprint density at radius 1 is 0.842 bits per heavy atom. The van der Waals surface area contributed by atoms with Crippen LogP contribution in [0.4, 0.5) is 0 Å². The molecule has 0 spiro atoms. The molecule has 0 radical (unpaired) electrons. The van der Waals surface area contributed by atoms with Crippen LogP contribution in [-0.4, -0.2) is 75.5 Å². The number of pyridine rings is 1. The van der Waals surface area contributed by atoms with Crippen molar-refractivity contribution in [1.29, 1.82) is 0 Å². The van der Waals surface area contributed by atoms with Crippen LogP contribution in [0.3, 0.4) is 0 Å². The summed E-state index contributed by atoms with van der Waals surface area (Å²) in [6, 6.07) is 4.31. The van der Waals surface area contributed by atoms with E-state index in [9.17, 15) is 9.90 Å². The highest BCUT2D eigenvalue weighted by atomic mass is 16.5. The summed E-state index contributed by atoms with van der Waals surface area (Å²) in [7, 11) is 3.10. The van der Waals surface area contributed by atoms with Crippen LogP contribution < -0.4 is 9.88 Å².